The van der Waals surface area contributed by atoms with E-state index in [0.717, 1.165) is 21.8 Å². The van der Waals surface area contributed by atoms with Gasteiger partial charge in [0, 0.05) is 10.8 Å². The summed E-state index contributed by atoms with van der Waals surface area (Å²) in [6.07, 6.45) is -0.626. The molecule has 2 nitrogen and oxygen atoms in total. The highest BCUT2D eigenvalue weighted by molar-refractivity contribution is 7.09. The van der Waals surface area contributed by atoms with E-state index in [0.29, 0.717) is 0 Å². The Hall–Kier alpha value is -1.19. The second-order valence-corrected chi connectivity index (χ2v) is 6.44. The molecule has 1 aromatic carbocycles. The summed E-state index contributed by atoms with van der Waals surface area (Å²) in [5.74, 6) is 0. The molecule has 0 amide bonds. The van der Waals surface area contributed by atoms with E-state index in [4.69, 9.17) is 0 Å². The lowest BCUT2D eigenvalue weighted by Gasteiger charge is -2.14. The highest BCUT2D eigenvalue weighted by Crippen LogP contribution is 2.30. The van der Waals surface area contributed by atoms with Gasteiger partial charge in [-0.15, -0.1) is 11.3 Å². The molecule has 0 saturated heterocycles. The summed E-state index contributed by atoms with van der Waals surface area (Å²) in [7, 11) is 0. The first kappa shape index (κ1) is 13.2. The highest BCUT2D eigenvalue weighted by atomic mass is 32.1. The van der Waals surface area contributed by atoms with Gasteiger partial charge in [0.1, 0.15) is 6.10 Å². The molecule has 0 fully saturated rings. The Morgan fingerprint density at radius 3 is 2.44 bits per heavy atom. The predicted molar refractivity (Wildman–Crippen MR) is 76.1 cm³/mol. The van der Waals surface area contributed by atoms with Gasteiger partial charge in [0.05, 0.1) is 10.7 Å². The number of nitrogens with zero attached hydrogens (tertiary/aromatic N) is 1. The third-order valence-electron chi connectivity index (χ3n) is 2.93. The maximum absolute atomic E-state index is 10.4. The van der Waals surface area contributed by atoms with E-state index in [1.807, 2.05) is 36.6 Å². The molecule has 2 rings (SSSR count). The number of rotatable bonds is 2. The van der Waals surface area contributed by atoms with E-state index in [9.17, 15) is 5.11 Å². The molecule has 1 N–H and O–H groups in total. The zero-order valence-electron chi connectivity index (χ0n) is 11.3. The molecule has 3 heteroatoms. The number of hydrogen-bond donors (Lipinski definition) is 1. The molecule has 1 aromatic heterocycles. The van der Waals surface area contributed by atoms with Crippen molar-refractivity contribution in [1.82, 2.24) is 4.98 Å². The van der Waals surface area contributed by atoms with Crippen LogP contribution in [0.25, 0.3) is 0 Å². The number of benzene rings is 1. The van der Waals surface area contributed by atoms with Gasteiger partial charge < -0.3 is 5.11 Å². The third kappa shape index (κ3) is 2.62. The zero-order chi connectivity index (χ0) is 13.3. The Labute approximate surface area is 112 Å². The summed E-state index contributed by atoms with van der Waals surface area (Å²) in [4.78, 5) is 4.57. The van der Waals surface area contributed by atoms with Crippen molar-refractivity contribution in [3.05, 3.63) is 51.5 Å². The summed E-state index contributed by atoms with van der Waals surface area (Å²) in [6, 6.07) is 7.89. The van der Waals surface area contributed by atoms with E-state index >= 15 is 0 Å². The average Bonchev–Trinajstić information content (AvgIpc) is 2.77. The molecule has 2 aromatic rings. The molecule has 0 aliphatic heterocycles. The van der Waals surface area contributed by atoms with Gasteiger partial charge in [-0.1, -0.05) is 45.0 Å². The molecule has 0 aliphatic rings. The molecule has 1 atom stereocenters. The molecule has 1 unspecified atom stereocenters. The predicted octanol–water partition coefficient (Wildman–Crippen LogP) is 3.83. The van der Waals surface area contributed by atoms with Crippen molar-refractivity contribution >= 4 is 11.3 Å². The van der Waals surface area contributed by atoms with Crippen molar-refractivity contribution in [3.8, 4) is 0 Å². The van der Waals surface area contributed by atoms with Gasteiger partial charge in [0.25, 0.3) is 0 Å². The van der Waals surface area contributed by atoms with Gasteiger partial charge >= 0.3 is 0 Å². The summed E-state index contributed by atoms with van der Waals surface area (Å²) in [5.41, 5.74) is 2.81. The third-order valence-corrected chi connectivity index (χ3v) is 4.21. The van der Waals surface area contributed by atoms with E-state index in [-0.39, 0.29) is 5.41 Å². The van der Waals surface area contributed by atoms with Crippen molar-refractivity contribution in [1.29, 1.82) is 0 Å². The van der Waals surface area contributed by atoms with Crippen LogP contribution in [-0.2, 0) is 5.41 Å². The van der Waals surface area contributed by atoms with Gasteiger partial charge in [-0.3, -0.25) is 0 Å². The lowest BCUT2D eigenvalue weighted by atomic mass is 9.98. The number of aliphatic hydroxyl groups is 1. The van der Waals surface area contributed by atoms with Crippen LogP contribution in [0.3, 0.4) is 0 Å². The summed E-state index contributed by atoms with van der Waals surface area (Å²) >= 11 is 1.61. The number of aryl methyl sites for hydroxylation is 1. The Balaban J connectivity index is 2.33. The van der Waals surface area contributed by atoms with Crippen LogP contribution in [0, 0.1) is 6.92 Å². The van der Waals surface area contributed by atoms with Crippen molar-refractivity contribution in [2.75, 3.05) is 0 Å². The molecular formula is C15H19NOS. The molecule has 0 spiro atoms. The highest BCUT2D eigenvalue weighted by Gasteiger charge is 2.21. The monoisotopic (exact) mass is 261 g/mol. The quantitative estimate of drug-likeness (QED) is 0.891. The first-order valence-electron chi connectivity index (χ1n) is 6.09. The largest absolute Gasteiger partial charge is 0.382 e. The summed E-state index contributed by atoms with van der Waals surface area (Å²) in [6.45, 7) is 8.41. The van der Waals surface area contributed by atoms with Crippen LogP contribution >= 0.6 is 11.3 Å². The first-order chi connectivity index (χ1) is 8.39. The number of hydrogen-bond acceptors (Lipinski definition) is 3. The number of aliphatic hydroxyl groups excluding tert-OH is 1. The summed E-state index contributed by atoms with van der Waals surface area (Å²) in [5, 5.41) is 13.4. The minimum atomic E-state index is -0.626. The van der Waals surface area contributed by atoms with Crippen LogP contribution < -0.4 is 0 Å². The summed E-state index contributed by atoms with van der Waals surface area (Å²) < 4.78 is 0. The maximum Gasteiger partial charge on any atom is 0.122 e. The Morgan fingerprint density at radius 2 is 1.89 bits per heavy atom. The molecule has 0 radical (unpaired) electrons. The van der Waals surface area contributed by atoms with Crippen molar-refractivity contribution < 1.29 is 5.11 Å². The Bertz CT molecular complexity index is 539. The van der Waals surface area contributed by atoms with Gasteiger partial charge in [0.2, 0.25) is 0 Å². The molecule has 1 heterocycles. The smallest absolute Gasteiger partial charge is 0.122 e. The molecule has 0 aliphatic carbocycles. The van der Waals surface area contributed by atoms with Gasteiger partial charge in [-0.25, -0.2) is 4.98 Å². The van der Waals surface area contributed by atoms with Gasteiger partial charge in [-0.2, -0.15) is 0 Å². The van der Waals surface area contributed by atoms with E-state index in [1.165, 1.54) is 0 Å². The fourth-order valence-electron chi connectivity index (χ4n) is 1.81. The van der Waals surface area contributed by atoms with E-state index < -0.39 is 6.10 Å². The average molecular weight is 261 g/mol. The van der Waals surface area contributed by atoms with E-state index in [1.54, 1.807) is 11.3 Å². The topological polar surface area (TPSA) is 33.1 Å². The fraction of sp³-hybridized carbons (Fsp3) is 0.400. The maximum atomic E-state index is 10.4. The molecular weight excluding hydrogens is 242 g/mol. The molecule has 0 saturated carbocycles. The lowest BCUT2D eigenvalue weighted by molar-refractivity contribution is 0.215. The second-order valence-electron chi connectivity index (χ2n) is 5.59. The minimum absolute atomic E-state index is 0.0361. The van der Waals surface area contributed by atoms with Crippen LogP contribution in [0.4, 0.5) is 0 Å². The normalized spacial score (nSPS) is 13.6. The standard InChI is InChI=1S/C15H19NOS/c1-10-7-5-6-8-11(10)13(17)12-9-18-14(16-12)15(2,3)4/h5-9,13,17H,1-4H3. The van der Waals surface area contributed by atoms with Crippen molar-refractivity contribution in [2.24, 2.45) is 0 Å². The van der Waals surface area contributed by atoms with Crippen LogP contribution in [0.15, 0.2) is 29.6 Å². The second kappa shape index (κ2) is 4.82. The van der Waals surface area contributed by atoms with Crippen LogP contribution in [0.1, 0.15) is 48.7 Å². The fourth-order valence-corrected chi connectivity index (χ4v) is 2.73. The molecule has 96 valence electrons. The van der Waals surface area contributed by atoms with Crippen LogP contribution in [0.2, 0.25) is 0 Å². The zero-order valence-corrected chi connectivity index (χ0v) is 12.1. The lowest BCUT2D eigenvalue weighted by Crippen LogP contribution is -2.11. The minimum Gasteiger partial charge on any atom is -0.382 e. The Morgan fingerprint density at radius 1 is 1.22 bits per heavy atom. The Kier molecular flexibility index (Phi) is 3.55. The van der Waals surface area contributed by atoms with Crippen LogP contribution in [0.5, 0.6) is 0 Å². The SMILES string of the molecule is Cc1ccccc1C(O)c1csc(C(C)(C)C)n1. The molecule has 18 heavy (non-hydrogen) atoms. The van der Waals surface area contributed by atoms with Crippen molar-refractivity contribution in [3.63, 3.8) is 0 Å². The molecule has 0 bridgehead atoms. The van der Waals surface area contributed by atoms with Crippen LogP contribution in [-0.4, -0.2) is 10.1 Å². The van der Waals surface area contributed by atoms with Crippen molar-refractivity contribution in [2.45, 2.75) is 39.2 Å². The van der Waals surface area contributed by atoms with Gasteiger partial charge in [-0.05, 0) is 18.1 Å². The number of aromatic nitrogens is 1. The first-order valence-corrected chi connectivity index (χ1v) is 6.97. The number of thiazole rings is 1. The van der Waals surface area contributed by atoms with E-state index in [2.05, 4.69) is 25.8 Å². The van der Waals surface area contributed by atoms with Gasteiger partial charge in [0.15, 0.2) is 0 Å².